The second-order valence-electron chi connectivity index (χ2n) is 8.67. The Morgan fingerprint density at radius 1 is 1.14 bits per heavy atom. The van der Waals surface area contributed by atoms with Crippen molar-refractivity contribution in [2.45, 2.75) is 46.1 Å². The van der Waals surface area contributed by atoms with Crippen molar-refractivity contribution in [3.8, 4) is 0 Å². The smallest absolute Gasteiger partial charge is 0.227 e. The molecule has 0 N–H and O–H groups in total. The zero-order valence-electron chi connectivity index (χ0n) is 17.0. The number of ketones is 1. The molecule has 1 amide bonds. The molecule has 2 unspecified atom stereocenters. The maximum Gasteiger partial charge on any atom is 0.227 e. The predicted octanol–water partition coefficient (Wildman–Crippen LogP) is 5.92. The van der Waals surface area contributed by atoms with E-state index in [2.05, 4.69) is 13.8 Å². The highest BCUT2D eigenvalue weighted by Crippen LogP contribution is 2.48. The molecule has 150 valence electrons. The average Bonchev–Trinajstić information content (AvgIpc) is 2.81. The van der Waals surface area contributed by atoms with Crippen LogP contribution < -0.4 is 4.90 Å². The number of halogens is 1. The summed E-state index contributed by atoms with van der Waals surface area (Å²) in [4.78, 5) is 33.3. The fraction of sp³-hybridized carbons (Fsp3) is 0.375. The number of carbonyl (C=O) groups is 2. The fourth-order valence-corrected chi connectivity index (χ4v) is 4.70. The Morgan fingerprint density at radius 2 is 1.83 bits per heavy atom. The van der Waals surface area contributed by atoms with E-state index in [9.17, 15) is 9.59 Å². The van der Waals surface area contributed by atoms with Gasteiger partial charge >= 0.3 is 0 Å². The Balaban J connectivity index is 1.98. The van der Waals surface area contributed by atoms with E-state index in [1.54, 1.807) is 4.90 Å². The lowest BCUT2D eigenvalue weighted by molar-refractivity contribution is -0.125. The number of nitrogens with zero attached hydrogens (tertiary/aromatic N) is 2. The van der Waals surface area contributed by atoms with Crippen LogP contribution in [-0.4, -0.2) is 17.4 Å². The maximum atomic E-state index is 13.4. The number of amides is 1. The number of para-hydroxylation sites is 2. The molecule has 0 radical (unpaired) electrons. The van der Waals surface area contributed by atoms with Gasteiger partial charge in [0.15, 0.2) is 0 Å². The summed E-state index contributed by atoms with van der Waals surface area (Å²) in [5, 5.41) is 0.626. The summed E-state index contributed by atoms with van der Waals surface area (Å²) < 4.78 is 0. The van der Waals surface area contributed by atoms with Crippen molar-refractivity contribution in [1.29, 1.82) is 0 Å². The van der Waals surface area contributed by atoms with Gasteiger partial charge in [-0.1, -0.05) is 56.6 Å². The second kappa shape index (κ2) is 7.42. The molecule has 1 aliphatic carbocycles. The molecule has 1 fully saturated rings. The number of rotatable bonds is 2. The van der Waals surface area contributed by atoms with Gasteiger partial charge in [0, 0.05) is 23.6 Å². The first kappa shape index (κ1) is 19.8. The molecule has 0 bridgehead atoms. The standard InChI is InChI=1S/C24H25ClN2O2/c1-4-21(29)27-19-8-6-5-7-17(19)26-18-13-24(2,3)14-20(28)22(18)23(27)15-9-11-16(25)12-10-15/h5-12,22-23H,4,13-14H2,1-3H3. The molecule has 5 heteroatoms. The van der Waals surface area contributed by atoms with Gasteiger partial charge < -0.3 is 4.90 Å². The summed E-state index contributed by atoms with van der Waals surface area (Å²) in [7, 11) is 0. The van der Waals surface area contributed by atoms with Crippen LogP contribution in [0.15, 0.2) is 53.5 Å². The van der Waals surface area contributed by atoms with Gasteiger partial charge in [-0.15, -0.1) is 0 Å². The second-order valence-corrected chi connectivity index (χ2v) is 9.10. The van der Waals surface area contributed by atoms with Crippen molar-refractivity contribution >= 4 is 40.4 Å². The summed E-state index contributed by atoms with van der Waals surface area (Å²) in [6, 6.07) is 14.7. The molecule has 29 heavy (non-hydrogen) atoms. The van der Waals surface area contributed by atoms with Crippen LogP contribution in [0.1, 0.15) is 51.6 Å². The Labute approximate surface area is 176 Å². The van der Waals surface area contributed by atoms with Gasteiger partial charge in [-0.05, 0) is 41.7 Å². The van der Waals surface area contributed by atoms with Crippen LogP contribution in [0.5, 0.6) is 0 Å². The van der Waals surface area contributed by atoms with Crippen LogP contribution >= 0.6 is 11.6 Å². The zero-order valence-corrected chi connectivity index (χ0v) is 17.7. The third-order valence-electron chi connectivity index (χ3n) is 5.80. The lowest BCUT2D eigenvalue weighted by atomic mass is 9.68. The summed E-state index contributed by atoms with van der Waals surface area (Å²) in [5.41, 5.74) is 3.13. The van der Waals surface area contributed by atoms with E-state index in [-0.39, 0.29) is 17.1 Å². The van der Waals surface area contributed by atoms with Gasteiger partial charge in [-0.2, -0.15) is 0 Å². The van der Waals surface area contributed by atoms with Crippen LogP contribution in [0.25, 0.3) is 0 Å². The summed E-state index contributed by atoms with van der Waals surface area (Å²) in [5.74, 6) is -0.333. The van der Waals surface area contributed by atoms with Gasteiger partial charge in [-0.25, -0.2) is 0 Å². The van der Waals surface area contributed by atoms with Gasteiger partial charge in [0.2, 0.25) is 5.91 Å². The molecule has 2 atom stereocenters. The molecule has 0 spiro atoms. The molecular formula is C24H25ClN2O2. The minimum absolute atomic E-state index is 0.0218. The molecular weight excluding hydrogens is 384 g/mol. The Bertz CT molecular complexity index is 994. The van der Waals surface area contributed by atoms with E-state index in [0.717, 1.165) is 29.1 Å². The Morgan fingerprint density at radius 3 is 2.52 bits per heavy atom. The zero-order chi connectivity index (χ0) is 20.8. The number of anilines is 1. The first-order valence-electron chi connectivity index (χ1n) is 10.1. The van der Waals surface area contributed by atoms with E-state index in [4.69, 9.17) is 16.6 Å². The number of carbonyl (C=O) groups excluding carboxylic acids is 2. The highest BCUT2D eigenvalue weighted by Gasteiger charge is 2.47. The number of benzene rings is 2. The van der Waals surface area contributed by atoms with Crippen molar-refractivity contribution in [1.82, 2.24) is 0 Å². The van der Waals surface area contributed by atoms with Gasteiger partial charge in [0.1, 0.15) is 5.78 Å². The average molecular weight is 409 g/mol. The monoisotopic (exact) mass is 408 g/mol. The SMILES string of the molecule is CCC(=O)N1c2ccccc2N=C2CC(C)(C)CC(=O)C2C1c1ccc(Cl)cc1. The number of hydrogen-bond donors (Lipinski definition) is 0. The normalized spacial score (nSPS) is 23.0. The van der Waals surface area contributed by atoms with Crippen LogP contribution in [-0.2, 0) is 9.59 Å². The molecule has 1 saturated carbocycles. The summed E-state index contributed by atoms with van der Waals surface area (Å²) in [6.45, 7) is 6.06. The van der Waals surface area contributed by atoms with E-state index in [0.29, 0.717) is 17.9 Å². The van der Waals surface area contributed by atoms with Crippen LogP contribution in [0.3, 0.4) is 0 Å². The Hall–Kier alpha value is -2.46. The molecule has 2 aromatic rings. The third kappa shape index (κ3) is 3.62. The van der Waals surface area contributed by atoms with Crippen molar-refractivity contribution in [3.05, 3.63) is 59.1 Å². The van der Waals surface area contributed by atoms with Crippen LogP contribution in [0, 0.1) is 11.3 Å². The first-order valence-corrected chi connectivity index (χ1v) is 10.5. The summed E-state index contributed by atoms with van der Waals surface area (Å²) in [6.07, 6.45) is 1.56. The third-order valence-corrected chi connectivity index (χ3v) is 6.05. The van der Waals surface area contributed by atoms with Gasteiger partial charge in [0.25, 0.3) is 0 Å². The molecule has 0 aromatic heterocycles. The topological polar surface area (TPSA) is 49.7 Å². The molecule has 4 rings (SSSR count). The largest absolute Gasteiger partial charge is 0.302 e. The minimum atomic E-state index is -0.452. The van der Waals surface area contributed by atoms with Crippen LogP contribution in [0.2, 0.25) is 5.02 Å². The quantitative estimate of drug-likeness (QED) is 0.619. The number of hydrogen-bond acceptors (Lipinski definition) is 3. The van der Waals surface area contributed by atoms with E-state index < -0.39 is 12.0 Å². The molecule has 0 saturated heterocycles. The lowest BCUT2D eigenvalue weighted by Crippen LogP contribution is -2.47. The number of aliphatic imine (C=N–C) groups is 1. The highest BCUT2D eigenvalue weighted by molar-refractivity contribution is 6.30. The summed E-state index contributed by atoms with van der Waals surface area (Å²) >= 11 is 6.12. The van der Waals surface area contributed by atoms with E-state index in [1.807, 2.05) is 55.5 Å². The maximum absolute atomic E-state index is 13.4. The number of Topliss-reactive ketones (excluding diaryl/α,β-unsaturated/α-hetero) is 1. The molecule has 2 aromatic carbocycles. The Kier molecular flexibility index (Phi) is 5.07. The lowest BCUT2D eigenvalue weighted by Gasteiger charge is -2.41. The van der Waals surface area contributed by atoms with E-state index in [1.165, 1.54) is 0 Å². The van der Waals surface area contributed by atoms with Crippen molar-refractivity contribution in [2.24, 2.45) is 16.3 Å². The van der Waals surface area contributed by atoms with Crippen molar-refractivity contribution in [2.75, 3.05) is 4.90 Å². The fourth-order valence-electron chi connectivity index (χ4n) is 4.57. The van der Waals surface area contributed by atoms with Gasteiger partial charge in [-0.3, -0.25) is 14.6 Å². The minimum Gasteiger partial charge on any atom is -0.302 e. The highest BCUT2D eigenvalue weighted by atomic mass is 35.5. The predicted molar refractivity (Wildman–Crippen MR) is 117 cm³/mol. The number of fused-ring (bicyclic) bond motifs is 2. The molecule has 1 aliphatic heterocycles. The first-order chi connectivity index (χ1) is 13.8. The van der Waals surface area contributed by atoms with Crippen LogP contribution in [0.4, 0.5) is 11.4 Å². The molecule has 2 aliphatic rings. The van der Waals surface area contributed by atoms with Crippen molar-refractivity contribution in [3.63, 3.8) is 0 Å². The molecule has 1 heterocycles. The van der Waals surface area contributed by atoms with E-state index >= 15 is 0 Å². The molecule has 4 nitrogen and oxygen atoms in total. The van der Waals surface area contributed by atoms with Gasteiger partial charge in [0.05, 0.1) is 23.3 Å². The van der Waals surface area contributed by atoms with Crippen molar-refractivity contribution < 1.29 is 9.59 Å².